The number of nitrogens with two attached hydrogens (primary N) is 1. The topological polar surface area (TPSA) is 38.0 Å². The van der Waals surface area contributed by atoms with Gasteiger partial charge in [-0.15, -0.1) is 0 Å². The van der Waals surface area contributed by atoms with Crippen molar-refractivity contribution in [2.75, 3.05) is 11.9 Å². The Morgan fingerprint density at radius 1 is 1.38 bits per heavy atom. The van der Waals surface area contributed by atoms with Crippen LogP contribution < -0.4 is 11.1 Å². The van der Waals surface area contributed by atoms with Crippen molar-refractivity contribution in [2.24, 2.45) is 11.1 Å². The molecule has 0 atom stereocenters. The van der Waals surface area contributed by atoms with Crippen molar-refractivity contribution >= 4 is 22.9 Å². The molecule has 0 spiro atoms. The van der Waals surface area contributed by atoms with Gasteiger partial charge >= 0.3 is 0 Å². The minimum atomic E-state index is 0.281. The van der Waals surface area contributed by atoms with E-state index >= 15 is 0 Å². The molecule has 1 aromatic rings. The van der Waals surface area contributed by atoms with Crippen molar-refractivity contribution < 1.29 is 0 Å². The Labute approximate surface area is 103 Å². The lowest BCUT2D eigenvalue weighted by Gasteiger charge is -2.24. The van der Waals surface area contributed by atoms with Crippen LogP contribution >= 0.6 is 12.2 Å². The molecule has 1 rings (SSSR count). The third-order valence-electron chi connectivity index (χ3n) is 2.91. The van der Waals surface area contributed by atoms with Gasteiger partial charge in [0.1, 0.15) is 4.99 Å². The van der Waals surface area contributed by atoms with Crippen molar-refractivity contribution in [1.29, 1.82) is 0 Å². The van der Waals surface area contributed by atoms with Crippen LogP contribution in [0.2, 0.25) is 0 Å². The predicted octanol–water partition coefficient (Wildman–Crippen LogP) is 3.17. The number of hydrogen-bond acceptors (Lipinski definition) is 2. The van der Waals surface area contributed by atoms with Crippen LogP contribution in [0.25, 0.3) is 0 Å². The van der Waals surface area contributed by atoms with Gasteiger partial charge in [0.15, 0.2) is 0 Å². The lowest BCUT2D eigenvalue weighted by atomic mass is 9.90. The van der Waals surface area contributed by atoms with Gasteiger partial charge in [-0.2, -0.15) is 0 Å². The predicted molar refractivity (Wildman–Crippen MR) is 74.9 cm³/mol. The molecule has 0 aliphatic carbocycles. The Hall–Kier alpha value is -1.09. The number of benzene rings is 1. The zero-order valence-electron chi connectivity index (χ0n) is 10.2. The minimum absolute atomic E-state index is 0.281. The van der Waals surface area contributed by atoms with Gasteiger partial charge in [-0.25, -0.2) is 0 Å². The fourth-order valence-electron chi connectivity index (χ4n) is 1.31. The van der Waals surface area contributed by atoms with Crippen molar-refractivity contribution in [3.8, 4) is 0 Å². The van der Waals surface area contributed by atoms with Gasteiger partial charge in [-0.3, -0.25) is 0 Å². The molecule has 3 heteroatoms. The van der Waals surface area contributed by atoms with E-state index in [1.807, 2.05) is 24.3 Å². The van der Waals surface area contributed by atoms with Crippen LogP contribution in [-0.2, 0) is 0 Å². The summed E-state index contributed by atoms with van der Waals surface area (Å²) in [6, 6.07) is 7.90. The van der Waals surface area contributed by atoms with Crippen LogP contribution in [-0.4, -0.2) is 11.5 Å². The Balaban J connectivity index is 2.78. The first-order valence-corrected chi connectivity index (χ1v) is 6.00. The second kappa shape index (κ2) is 5.30. The molecule has 1 aromatic carbocycles. The number of hydrogen-bond donors (Lipinski definition) is 2. The van der Waals surface area contributed by atoms with Gasteiger partial charge < -0.3 is 11.1 Å². The standard InChI is InChI=1S/C13H20N2S/c1-4-13(2,3)9-15-11-8-6-5-7-10(11)12(14)16/h5-8,15H,4,9H2,1-3H3,(H2,14,16). The van der Waals surface area contributed by atoms with E-state index in [4.69, 9.17) is 18.0 Å². The van der Waals surface area contributed by atoms with Gasteiger partial charge in [0.2, 0.25) is 0 Å². The van der Waals surface area contributed by atoms with Crippen LogP contribution in [0, 0.1) is 5.41 Å². The van der Waals surface area contributed by atoms with Gasteiger partial charge in [-0.05, 0) is 24.0 Å². The normalized spacial score (nSPS) is 11.2. The van der Waals surface area contributed by atoms with Crippen molar-refractivity contribution in [3.05, 3.63) is 29.8 Å². The van der Waals surface area contributed by atoms with Gasteiger partial charge in [0.25, 0.3) is 0 Å². The van der Waals surface area contributed by atoms with Crippen molar-refractivity contribution in [1.82, 2.24) is 0 Å². The van der Waals surface area contributed by atoms with E-state index in [0.717, 1.165) is 24.2 Å². The molecule has 0 aliphatic heterocycles. The highest BCUT2D eigenvalue weighted by molar-refractivity contribution is 7.80. The first-order chi connectivity index (χ1) is 7.46. The third kappa shape index (κ3) is 3.49. The molecule has 0 fully saturated rings. The molecule has 3 N–H and O–H groups in total. The summed E-state index contributed by atoms with van der Waals surface area (Å²) in [6.45, 7) is 7.59. The van der Waals surface area contributed by atoms with Gasteiger partial charge in [-0.1, -0.05) is 45.1 Å². The zero-order chi connectivity index (χ0) is 12.2. The largest absolute Gasteiger partial charge is 0.389 e. The fraction of sp³-hybridized carbons (Fsp3) is 0.462. The monoisotopic (exact) mass is 236 g/mol. The first-order valence-electron chi connectivity index (χ1n) is 5.59. The number of nitrogens with one attached hydrogen (secondary N) is 1. The molecule has 0 saturated carbocycles. The molecule has 0 radical (unpaired) electrons. The smallest absolute Gasteiger partial charge is 0.106 e. The van der Waals surface area contributed by atoms with E-state index in [-0.39, 0.29) is 5.41 Å². The quantitative estimate of drug-likeness (QED) is 0.771. The summed E-state index contributed by atoms with van der Waals surface area (Å²) in [5.74, 6) is 0. The first kappa shape index (κ1) is 13.0. The third-order valence-corrected chi connectivity index (χ3v) is 3.13. The Kier molecular flexibility index (Phi) is 4.30. The van der Waals surface area contributed by atoms with E-state index in [1.165, 1.54) is 0 Å². The maximum absolute atomic E-state index is 5.68. The van der Waals surface area contributed by atoms with Crippen LogP contribution in [0.4, 0.5) is 5.69 Å². The molecule has 0 amide bonds. The number of para-hydroxylation sites is 1. The van der Waals surface area contributed by atoms with E-state index in [2.05, 4.69) is 26.1 Å². The number of anilines is 1. The molecule has 0 aliphatic rings. The van der Waals surface area contributed by atoms with Crippen LogP contribution in [0.3, 0.4) is 0 Å². The molecule has 0 aromatic heterocycles. The average Bonchev–Trinajstić information content (AvgIpc) is 2.27. The molecule has 16 heavy (non-hydrogen) atoms. The van der Waals surface area contributed by atoms with Crippen LogP contribution in [0.1, 0.15) is 32.8 Å². The lowest BCUT2D eigenvalue weighted by molar-refractivity contribution is 0.377. The second-order valence-corrected chi connectivity index (χ2v) is 5.22. The second-order valence-electron chi connectivity index (χ2n) is 4.78. The lowest BCUT2D eigenvalue weighted by Crippen LogP contribution is -2.23. The Morgan fingerprint density at radius 2 is 2.00 bits per heavy atom. The highest BCUT2D eigenvalue weighted by atomic mass is 32.1. The van der Waals surface area contributed by atoms with Gasteiger partial charge in [0, 0.05) is 17.8 Å². The molecule has 88 valence electrons. The summed E-state index contributed by atoms with van der Waals surface area (Å²) < 4.78 is 0. The Bertz CT molecular complexity index is 372. The Morgan fingerprint density at radius 3 is 2.56 bits per heavy atom. The number of rotatable bonds is 5. The summed E-state index contributed by atoms with van der Waals surface area (Å²) in [6.07, 6.45) is 1.13. The summed E-state index contributed by atoms with van der Waals surface area (Å²) in [4.78, 5) is 0.442. The summed E-state index contributed by atoms with van der Waals surface area (Å²) in [5, 5.41) is 3.42. The van der Waals surface area contributed by atoms with Gasteiger partial charge in [0.05, 0.1) is 0 Å². The molecule has 0 unspecified atom stereocenters. The van der Waals surface area contributed by atoms with E-state index in [9.17, 15) is 0 Å². The van der Waals surface area contributed by atoms with E-state index in [1.54, 1.807) is 0 Å². The average molecular weight is 236 g/mol. The fourth-order valence-corrected chi connectivity index (χ4v) is 1.49. The van der Waals surface area contributed by atoms with E-state index < -0.39 is 0 Å². The van der Waals surface area contributed by atoms with E-state index in [0.29, 0.717) is 4.99 Å². The molecule has 2 nitrogen and oxygen atoms in total. The highest BCUT2D eigenvalue weighted by Gasteiger charge is 2.15. The summed E-state index contributed by atoms with van der Waals surface area (Å²) >= 11 is 5.02. The molecular weight excluding hydrogens is 216 g/mol. The SMILES string of the molecule is CCC(C)(C)CNc1ccccc1C(N)=S. The highest BCUT2D eigenvalue weighted by Crippen LogP contribution is 2.22. The zero-order valence-corrected chi connectivity index (χ0v) is 11.0. The molecular formula is C13H20N2S. The maximum atomic E-state index is 5.68. The summed E-state index contributed by atoms with van der Waals surface area (Å²) in [5.41, 5.74) is 7.90. The van der Waals surface area contributed by atoms with Crippen molar-refractivity contribution in [2.45, 2.75) is 27.2 Å². The van der Waals surface area contributed by atoms with Crippen molar-refractivity contribution in [3.63, 3.8) is 0 Å². The number of thiocarbonyl (C=S) groups is 1. The molecule has 0 bridgehead atoms. The van der Waals surface area contributed by atoms with Crippen LogP contribution in [0.15, 0.2) is 24.3 Å². The molecule has 0 heterocycles. The molecule has 0 saturated heterocycles. The minimum Gasteiger partial charge on any atom is -0.389 e. The maximum Gasteiger partial charge on any atom is 0.106 e. The van der Waals surface area contributed by atoms with Crippen LogP contribution in [0.5, 0.6) is 0 Å². The summed E-state index contributed by atoms with van der Waals surface area (Å²) in [7, 11) is 0.